The fourth-order valence-corrected chi connectivity index (χ4v) is 4.08. The first kappa shape index (κ1) is 18.5. The minimum absolute atomic E-state index is 0.586. The highest BCUT2D eigenvalue weighted by molar-refractivity contribution is 7.13. The van der Waals surface area contributed by atoms with Crippen molar-refractivity contribution in [1.29, 1.82) is 0 Å². The Morgan fingerprint density at radius 2 is 2.00 bits per heavy atom. The molecule has 1 saturated heterocycles. The lowest BCUT2D eigenvalue weighted by atomic mass is 10.0. The van der Waals surface area contributed by atoms with Gasteiger partial charge >= 0.3 is 0 Å². The molecule has 1 N–H and O–H groups in total. The molecule has 1 fully saturated rings. The molecular weight excluding hydrogens is 330 g/mol. The minimum Gasteiger partial charge on any atom is -0.310 e. The summed E-state index contributed by atoms with van der Waals surface area (Å²) in [6, 6.07) is 6.54. The highest BCUT2D eigenvalue weighted by atomic mass is 32.1. The fourth-order valence-electron chi connectivity index (χ4n) is 3.28. The van der Waals surface area contributed by atoms with E-state index >= 15 is 0 Å². The molecular formula is C19H29N5S. The summed E-state index contributed by atoms with van der Waals surface area (Å²) < 4.78 is 0. The number of hydrogen-bond acceptors (Lipinski definition) is 6. The predicted molar refractivity (Wildman–Crippen MR) is 105 cm³/mol. The molecule has 0 radical (unpaired) electrons. The molecule has 2 aromatic rings. The number of piperazine rings is 1. The lowest BCUT2D eigenvalue weighted by Crippen LogP contribution is -2.53. The monoisotopic (exact) mass is 359 g/mol. The first-order valence-corrected chi connectivity index (χ1v) is 10.0. The van der Waals surface area contributed by atoms with Crippen LogP contribution in [0.1, 0.15) is 19.5 Å². The van der Waals surface area contributed by atoms with Gasteiger partial charge in [-0.2, -0.15) is 0 Å². The van der Waals surface area contributed by atoms with Gasteiger partial charge in [-0.05, 0) is 25.1 Å². The standard InChI is InChI=1S/C19H29N5S/c1-15(2)18(24-10-8-23(3)9-11-24)13-20-12-16-14-25-19(22-16)17-6-4-5-7-21-17/h4-7,14-15,18,20H,8-13H2,1-3H3. The van der Waals surface area contributed by atoms with E-state index in [-0.39, 0.29) is 0 Å². The predicted octanol–water partition coefficient (Wildman–Crippen LogP) is 2.57. The SMILES string of the molecule is CC(C)C(CNCc1csc(-c2ccccn2)n1)N1CCN(C)CC1. The van der Waals surface area contributed by atoms with Gasteiger partial charge in [0.2, 0.25) is 0 Å². The maximum absolute atomic E-state index is 4.72. The van der Waals surface area contributed by atoms with Crippen LogP contribution in [0.25, 0.3) is 10.7 Å². The van der Waals surface area contributed by atoms with Gasteiger partial charge in [0, 0.05) is 56.9 Å². The summed E-state index contributed by atoms with van der Waals surface area (Å²) in [4.78, 5) is 14.1. The summed E-state index contributed by atoms with van der Waals surface area (Å²) in [5.41, 5.74) is 2.06. The molecule has 136 valence electrons. The van der Waals surface area contributed by atoms with Crippen LogP contribution in [0.2, 0.25) is 0 Å². The molecule has 0 aliphatic carbocycles. The smallest absolute Gasteiger partial charge is 0.142 e. The number of likely N-dealkylation sites (N-methyl/N-ethyl adjacent to an activating group) is 1. The first-order valence-electron chi connectivity index (χ1n) is 9.12. The zero-order valence-electron chi connectivity index (χ0n) is 15.5. The van der Waals surface area contributed by atoms with Gasteiger partial charge in [0.15, 0.2) is 0 Å². The van der Waals surface area contributed by atoms with Crippen LogP contribution in [0.3, 0.4) is 0 Å². The van der Waals surface area contributed by atoms with E-state index in [2.05, 4.69) is 46.4 Å². The van der Waals surface area contributed by atoms with Gasteiger partial charge in [0.1, 0.15) is 5.01 Å². The number of pyridine rings is 1. The molecule has 3 heterocycles. The zero-order chi connectivity index (χ0) is 17.6. The Morgan fingerprint density at radius 3 is 2.68 bits per heavy atom. The molecule has 0 bridgehead atoms. The highest BCUT2D eigenvalue weighted by Crippen LogP contribution is 2.21. The second kappa shape index (κ2) is 8.85. The average Bonchev–Trinajstić information content (AvgIpc) is 3.09. The minimum atomic E-state index is 0.586. The third kappa shape index (κ3) is 5.07. The van der Waals surface area contributed by atoms with Crippen LogP contribution in [-0.4, -0.2) is 65.6 Å². The molecule has 5 nitrogen and oxygen atoms in total. The number of nitrogens with one attached hydrogen (secondary N) is 1. The maximum atomic E-state index is 4.72. The van der Waals surface area contributed by atoms with Gasteiger partial charge < -0.3 is 10.2 Å². The van der Waals surface area contributed by atoms with Crippen molar-refractivity contribution < 1.29 is 0 Å². The molecule has 1 aliphatic rings. The van der Waals surface area contributed by atoms with Crippen LogP contribution < -0.4 is 5.32 Å². The first-order chi connectivity index (χ1) is 12.1. The van der Waals surface area contributed by atoms with Crippen molar-refractivity contribution in [2.45, 2.75) is 26.4 Å². The van der Waals surface area contributed by atoms with Gasteiger partial charge in [0.25, 0.3) is 0 Å². The van der Waals surface area contributed by atoms with Crippen molar-refractivity contribution in [2.24, 2.45) is 5.92 Å². The third-order valence-corrected chi connectivity index (χ3v) is 5.79. The average molecular weight is 360 g/mol. The molecule has 6 heteroatoms. The molecule has 0 spiro atoms. The van der Waals surface area contributed by atoms with E-state index in [1.807, 2.05) is 24.4 Å². The normalized spacial score (nSPS) is 17.9. The van der Waals surface area contributed by atoms with Gasteiger partial charge in [-0.3, -0.25) is 9.88 Å². The van der Waals surface area contributed by atoms with E-state index < -0.39 is 0 Å². The van der Waals surface area contributed by atoms with Gasteiger partial charge in [-0.15, -0.1) is 11.3 Å². The third-order valence-electron chi connectivity index (χ3n) is 4.87. The lowest BCUT2D eigenvalue weighted by Gasteiger charge is -2.40. The van der Waals surface area contributed by atoms with Crippen molar-refractivity contribution in [3.05, 3.63) is 35.5 Å². The largest absolute Gasteiger partial charge is 0.310 e. The Hall–Kier alpha value is -1.34. The summed E-state index contributed by atoms with van der Waals surface area (Å²) in [5, 5.41) is 6.76. The van der Waals surface area contributed by atoms with Crippen molar-refractivity contribution in [3.63, 3.8) is 0 Å². The molecule has 1 unspecified atom stereocenters. The van der Waals surface area contributed by atoms with Crippen LogP contribution in [-0.2, 0) is 6.54 Å². The Labute approximate surface area is 155 Å². The summed E-state index contributed by atoms with van der Waals surface area (Å²) in [6.07, 6.45) is 1.82. The highest BCUT2D eigenvalue weighted by Gasteiger charge is 2.24. The number of rotatable bonds is 7. The van der Waals surface area contributed by atoms with Crippen LogP contribution in [0.15, 0.2) is 29.8 Å². The summed E-state index contributed by atoms with van der Waals surface area (Å²) >= 11 is 1.67. The number of thiazole rings is 1. The summed E-state index contributed by atoms with van der Waals surface area (Å²) in [5.74, 6) is 0.649. The van der Waals surface area contributed by atoms with Gasteiger partial charge in [-0.25, -0.2) is 4.98 Å². The van der Waals surface area contributed by atoms with Crippen molar-refractivity contribution >= 4 is 11.3 Å². The van der Waals surface area contributed by atoms with E-state index in [1.54, 1.807) is 11.3 Å². The molecule has 2 aromatic heterocycles. The number of nitrogens with zero attached hydrogens (tertiary/aromatic N) is 4. The quantitative estimate of drug-likeness (QED) is 0.823. The van der Waals surface area contributed by atoms with Crippen molar-refractivity contribution in [3.8, 4) is 10.7 Å². The molecule has 25 heavy (non-hydrogen) atoms. The fraction of sp³-hybridized carbons (Fsp3) is 0.579. The lowest BCUT2D eigenvalue weighted by molar-refractivity contribution is 0.0875. The van der Waals surface area contributed by atoms with E-state index in [0.717, 1.165) is 29.5 Å². The second-order valence-corrected chi connectivity index (χ2v) is 8.00. The Balaban J connectivity index is 1.52. The van der Waals surface area contributed by atoms with Crippen molar-refractivity contribution in [2.75, 3.05) is 39.8 Å². The number of hydrogen-bond donors (Lipinski definition) is 1. The van der Waals surface area contributed by atoms with Crippen LogP contribution >= 0.6 is 11.3 Å². The van der Waals surface area contributed by atoms with Crippen LogP contribution in [0.4, 0.5) is 0 Å². The Bertz CT molecular complexity index is 634. The molecule has 1 atom stereocenters. The topological polar surface area (TPSA) is 44.3 Å². The van der Waals surface area contributed by atoms with Crippen LogP contribution in [0.5, 0.6) is 0 Å². The Morgan fingerprint density at radius 1 is 1.20 bits per heavy atom. The molecule has 3 rings (SSSR count). The van der Waals surface area contributed by atoms with E-state index in [0.29, 0.717) is 12.0 Å². The summed E-state index contributed by atoms with van der Waals surface area (Å²) in [7, 11) is 2.21. The van der Waals surface area contributed by atoms with E-state index in [4.69, 9.17) is 4.98 Å². The van der Waals surface area contributed by atoms with E-state index in [1.165, 1.54) is 26.2 Å². The zero-order valence-corrected chi connectivity index (χ0v) is 16.3. The molecule has 0 amide bonds. The van der Waals surface area contributed by atoms with Crippen molar-refractivity contribution in [1.82, 2.24) is 25.1 Å². The van der Waals surface area contributed by atoms with Gasteiger partial charge in [0.05, 0.1) is 11.4 Å². The Kier molecular flexibility index (Phi) is 6.53. The van der Waals surface area contributed by atoms with Gasteiger partial charge in [-0.1, -0.05) is 19.9 Å². The van der Waals surface area contributed by atoms with E-state index in [9.17, 15) is 0 Å². The second-order valence-electron chi connectivity index (χ2n) is 7.14. The summed E-state index contributed by atoms with van der Waals surface area (Å²) in [6.45, 7) is 11.2. The molecule has 0 aromatic carbocycles. The number of aromatic nitrogens is 2. The van der Waals surface area contributed by atoms with Crippen LogP contribution in [0, 0.1) is 5.92 Å². The maximum Gasteiger partial charge on any atom is 0.142 e. The molecule has 0 saturated carbocycles. The molecule has 1 aliphatic heterocycles.